The Bertz CT molecular complexity index is 1080. The van der Waals surface area contributed by atoms with E-state index in [1.165, 1.54) is 6.08 Å². The van der Waals surface area contributed by atoms with Crippen LogP contribution in [0.5, 0.6) is 5.75 Å². The van der Waals surface area contributed by atoms with E-state index >= 15 is 0 Å². The number of hydrogen-bond acceptors (Lipinski definition) is 6. The van der Waals surface area contributed by atoms with E-state index in [9.17, 15) is 9.59 Å². The smallest absolute Gasteiger partial charge is 0.271 e. The van der Waals surface area contributed by atoms with Gasteiger partial charge in [-0.15, -0.1) is 0 Å². The zero-order valence-electron chi connectivity index (χ0n) is 19.3. The highest BCUT2D eigenvalue weighted by atomic mass is 16.5. The first-order chi connectivity index (χ1) is 15.9. The van der Waals surface area contributed by atoms with Crippen molar-refractivity contribution in [2.45, 2.75) is 26.2 Å². The average Bonchev–Trinajstić information content (AvgIpc) is 3.48. The molecule has 0 unspecified atom stereocenters. The number of likely N-dealkylation sites (tertiary alicyclic amines) is 1. The van der Waals surface area contributed by atoms with Gasteiger partial charge < -0.3 is 19.9 Å². The van der Waals surface area contributed by atoms with Crippen LogP contribution >= 0.6 is 0 Å². The molecule has 174 valence electrons. The number of methoxy groups -OCH3 is 1. The van der Waals surface area contributed by atoms with Crippen LogP contribution in [0.3, 0.4) is 0 Å². The molecule has 0 bridgehead atoms. The summed E-state index contributed by atoms with van der Waals surface area (Å²) >= 11 is 0. The monoisotopic (exact) mass is 450 g/mol. The van der Waals surface area contributed by atoms with Crippen molar-refractivity contribution in [1.82, 2.24) is 20.4 Å². The predicted molar refractivity (Wildman–Crippen MR) is 126 cm³/mol. The normalized spacial score (nSPS) is 18.0. The van der Waals surface area contributed by atoms with E-state index in [-0.39, 0.29) is 17.5 Å². The lowest BCUT2D eigenvalue weighted by Crippen LogP contribution is -2.48. The summed E-state index contributed by atoms with van der Waals surface area (Å²) in [7, 11) is 3.37. The Morgan fingerprint density at radius 2 is 2.00 bits per heavy atom. The van der Waals surface area contributed by atoms with Crippen molar-refractivity contribution in [2.24, 2.45) is 5.41 Å². The van der Waals surface area contributed by atoms with E-state index < -0.39 is 5.41 Å². The van der Waals surface area contributed by atoms with Crippen LogP contribution in [0.4, 0.5) is 5.69 Å². The minimum atomic E-state index is -0.452. The number of carbonyl (C=O) groups is 2. The minimum absolute atomic E-state index is 0.0398. The Morgan fingerprint density at radius 1 is 1.27 bits per heavy atom. The van der Waals surface area contributed by atoms with Crippen molar-refractivity contribution in [3.63, 3.8) is 0 Å². The van der Waals surface area contributed by atoms with Gasteiger partial charge in [-0.2, -0.15) is 5.10 Å². The molecule has 2 aliphatic heterocycles. The van der Waals surface area contributed by atoms with Crippen molar-refractivity contribution in [3.8, 4) is 16.9 Å². The molecule has 4 rings (SSSR count). The molecule has 3 heterocycles. The summed E-state index contributed by atoms with van der Waals surface area (Å²) in [5.74, 6) is 0.501. The van der Waals surface area contributed by atoms with E-state index in [1.807, 2.05) is 30.0 Å². The number of allylic oxidation sites excluding steroid dienone is 1. The quantitative estimate of drug-likeness (QED) is 0.585. The van der Waals surface area contributed by atoms with Gasteiger partial charge in [-0.05, 0) is 44.4 Å². The molecule has 1 aromatic carbocycles. The largest absolute Gasteiger partial charge is 0.496 e. The van der Waals surface area contributed by atoms with Gasteiger partial charge in [0.25, 0.3) is 5.91 Å². The summed E-state index contributed by atoms with van der Waals surface area (Å²) in [5, 5.41) is 17.8. The maximum atomic E-state index is 13.5. The molecule has 0 radical (unpaired) electrons. The van der Waals surface area contributed by atoms with Gasteiger partial charge in [0.2, 0.25) is 5.91 Å². The first kappa shape index (κ1) is 22.6. The zero-order chi connectivity index (χ0) is 23.6. The molecule has 2 amide bonds. The number of rotatable bonds is 6. The Balaban J connectivity index is 1.46. The summed E-state index contributed by atoms with van der Waals surface area (Å²) in [6, 6.07) is 5.79. The third kappa shape index (κ3) is 4.22. The van der Waals surface area contributed by atoms with Crippen molar-refractivity contribution in [1.29, 1.82) is 5.41 Å². The number of aromatic amines is 1. The molecule has 33 heavy (non-hydrogen) atoms. The van der Waals surface area contributed by atoms with Crippen LogP contribution in [-0.4, -0.2) is 66.4 Å². The molecule has 2 aromatic rings. The van der Waals surface area contributed by atoms with Crippen molar-refractivity contribution in [3.05, 3.63) is 42.4 Å². The van der Waals surface area contributed by atoms with Gasteiger partial charge in [0.05, 0.1) is 18.7 Å². The average molecular weight is 451 g/mol. The molecule has 9 heteroatoms. The third-order valence-corrected chi connectivity index (χ3v) is 6.81. The van der Waals surface area contributed by atoms with Gasteiger partial charge in [0, 0.05) is 61.5 Å². The van der Waals surface area contributed by atoms with Gasteiger partial charge in [-0.3, -0.25) is 20.1 Å². The highest BCUT2D eigenvalue weighted by molar-refractivity contribution is 6.42. The van der Waals surface area contributed by atoms with Crippen molar-refractivity contribution >= 4 is 23.2 Å². The second-order valence-corrected chi connectivity index (χ2v) is 8.64. The maximum Gasteiger partial charge on any atom is 0.271 e. The number of ether oxygens (including phenoxy) is 1. The second kappa shape index (κ2) is 9.09. The SMILES string of the molecule is CN/C(C)=C\C(=N)C(=O)N1CCC2(CC1)CCN(c1ccc(-c3cn[nH]c3)c(OC)c1)C2=O. The molecular weight excluding hydrogens is 420 g/mol. The molecule has 2 fully saturated rings. The van der Waals surface area contributed by atoms with Crippen LogP contribution in [0.2, 0.25) is 0 Å². The van der Waals surface area contributed by atoms with E-state index in [2.05, 4.69) is 15.5 Å². The van der Waals surface area contributed by atoms with Crippen LogP contribution in [0.25, 0.3) is 11.1 Å². The van der Waals surface area contributed by atoms with Gasteiger partial charge in [-0.1, -0.05) is 0 Å². The Kier molecular flexibility index (Phi) is 6.22. The van der Waals surface area contributed by atoms with Crippen LogP contribution in [0.1, 0.15) is 26.2 Å². The first-order valence-electron chi connectivity index (χ1n) is 11.1. The molecule has 0 aliphatic carbocycles. The highest BCUT2D eigenvalue weighted by Gasteiger charge is 2.49. The highest BCUT2D eigenvalue weighted by Crippen LogP contribution is 2.44. The summed E-state index contributed by atoms with van der Waals surface area (Å²) < 4.78 is 5.59. The molecule has 9 nitrogen and oxygen atoms in total. The molecule has 1 aromatic heterocycles. The van der Waals surface area contributed by atoms with Crippen molar-refractivity contribution < 1.29 is 14.3 Å². The fourth-order valence-electron chi connectivity index (χ4n) is 4.67. The number of H-pyrrole nitrogens is 1. The van der Waals surface area contributed by atoms with Gasteiger partial charge in [-0.25, -0.2) is 0 Å². The fraction of sp³-hybridized carbons (Fsp3) is 0.417. The van der Waals surface area contributed by atoms with Gasteiger partial charge in [0.15, 0.2) is 0 Å². The molecule has 1 spiro atoms. The lowest BCUT2D eigenvalue weighted by Gasteiger charge is -2.37. The standard InChI is InChI=1S/C24H30N6O3/c1-16(26-2)12-20(25)22(31)29-9-6-24(7-10-29)8-11-30(23(24)32)18-4-5-19(21(13-18)33-3)17-14-27-28-15-17/h4-5,12-15,25-26H,6-11H2,1-3H3,(H,27,28)/b16-12-,25-20?. The Morgan fingerprint density at radius 3 is 2.64 bits per heavy atom. The number of piperidine rings is 1. The minimum Gasteiger partial charge on any atom is -0.496 e. The fourth-order valence-corrected chi connectivity index (χ4v) is 4.67. The topological polar surface area (TPSA) is 114 Å². The number of nitrogens with one attached hydrogen (secondary N) is 3. The molecule has 2 aliphatic rings. The number of hydrogen-bond donors (Lipinski definition) is 3. The van der Waals surface area contributed by atoms with E-state index in [1.54, 1.807) is 31.5 Å². The van der Waals surface area contributed by atoms with Crippen LogP contribution in [0.15, 0.2) is 42.4 Å². The summed E-state index contributed by atoms with van der Waals surface area (Å²) in [6.07, 6.45) is 7.06. The number of aromatic nitrogens is 2. The van der Waals surface area contributed by atoms with Crippen LogP contribution < -0.4 is 15.0 Å². The number of benzene rings is 1. The van der Waals surface area contributed by atoms with Crippen LogP contribution in [-0.2, 0) is 9.59 Å². The molecular formula is C24H30N6O3. The summed E-state index contributed by atoms with van der Waals surface area (Å²) in [4.78, 5) is 29.7. The number of nitrogens with zero attached hydrogens (tertiary/aromatic N) is 3. The first-order valence-corrected chi connectivity index (χ1v) is 11.1. The van der Waals surface area contributed by atoms with E-state index in [0.29, 0.717) is 38.2 Å². The van der Waals surface area contributed by atoms with E-state index in [4.69, 9.17) is 10.1 Å². The number of amides is 2. The van der Waals surface area contributed by atoms with Crippen LogP contribution in [0, 0.1) is 10.8 Å². The Labute approximate surface area is 193 Å². The van der Waals surface area contributed by atoms with Gasteiger partial charge in [0.1, 0.15) is 11.5 Å². The summed E-state index contributed by atoms with van der Waals surface area (Å²) in [5.41, 5.74) is 2.92. The van der Waals surface area contributed by atoms with Gasteiger partial charge >= 0.3 is 0 Å². The molecule has 3 N–H and O–H groups in total. The van der Waals surface area contributed by atoms with Crippen molar-refractivity contribution in [2.75, 3.05) is 38.7 Å². The summed E-state index contributed by atoms with van der Waals surface area (Å²) in [6.45, 7) is 3.42. The number of anilines is 1. The second-order valence-electron chi connectivity index (χ2n) is 8.64. The van der Waals surface area contributed by atoms with E-state index in [0.717, 1.165) is 28.9 Å². The molecule has 0 atom stereocenters. The lowest BCUT2D eigenvalue weighted by molar-refractivity contribution is -0.133. The predicted octanol–water partition coefficient (Wildman–Crippen LogP) is 2.57. The third-order valence-electron chi connectivity index (χ3n) is 6.81. The number of carbonyl (C=O) groups excluding carboxylic acids is 2. The molecule has 2 saturated heterocycles. The Hall–Kier alpha value is -3.62. The zero-order valence-corrected chi connectivity index (χ0v) is 19.3. The molecule has 0 saturated carbocycles. The maximum absolute atomic E-state index is 13.5. The lowest BCUT2D eigenvalue weighted by atomic mass is 9.77.